The Hall–Kier alpha value is -2.54. The number of nitrogens with one attached hydrogen (secondary N) is 2. The van der Waals surface area contributed by atoms with Crippen molar-refractivity contribution in [2.45, 2.75) is 25.8 Å². The summed E-state index contributed by atoms with van der Waals surface area (Å²) in [6.45, 7) is 3.07. The Labute approximate surface area is 151 Å². The van der Waals surface area contributed by atoms with Gasteiger partial charge in [0, 0.05) is 12.5 Å². The Morgan fingerprint density at radius 2 is 2.12 bits per heavy atom. The first kappa shape index (κ1) is 16.0. The lowest BCUT2D eigenvalue weighted by molar-refractivity contribution is 0.174. The van der Waals surface area contributed by atoms with Crippen LogP contribution in [0.5, 0.6) is 11.5 Å². The molecular formula is C18H19N3O3S. The Morgan fingerprint density at radius 1 is 1.28 bits per heavy atom. The minimum absolute atomic E-state index is 0.273. The molecule has 7 heteroatoms. The summed E-state index contributed by atoms with van der Waals surface area (Å²) < 4.78 is 16.4. The van der Waals surface area contributed by atoms with Crippen molar-refractivity contribution in [1.29, 1.82) is 0 Å². The van der Waals surface area contributed by atoms with Crippen molar-refractivity contribution in [2.75, 3.05) is 6.79 Å². The molecular weight excluding hydrogens is 338 g/mol. The first-order chi connectivity index (χ1) is 12.2. The number of furan rings is 1. The van der Waals surface area contributed by atoms with Crippen LogP contribution in [0, 0.1) is 5.92 Å². The van der Waals surface area contributed by atoms with Gasteiger partial charge in [0.1, 0.15) is 11.5 Å². The fourth-order valence-corrected chi connectivity index (χ4v) is 2.91. The molecule has 1 aliphatic carbocycles. The summed E-state index contributed by atoms with van der Waals surface area (Å²) in [6, 6.07) is 9.74. The van der Waals surface area contributed by atoms with Gasteiger partial charge in [0.05, 0.1) is 6.21 Å². The predicted octanol–water partition coefficient (Wildman–Crippen LogP) is 3.13. The maximum Gasteiger partial charge on any atom is 0.231 e. The molecule has 0 bridgehead atoms. The maximum atomic E-state index is 5.75. The Bertz CT molecular complexity index is 818. The smallest absolute Gasteiger partial charge is 0.231 e. The van der Waals surface area contributed by atoms with Gasteiger partial charge in [0.25, 0.3) is 0 Å². The van der Waals surface area contributed by atoms with E-state index in [4.69, 9.17) is 26.1 Å². The van der Waals surface area contributed by atoms with Crippen molar-refractivity contribution in [3.05, 3.63) is 47.4 Å². The highest BCUT2D eigenvalue weighted by atomic mass is 32.1. The number of hydrazone groups is 1. The molecule has 0 spiro atoms. The SMILES string of the molecule is C[C@H]1C[C@H]1c1ccc(/C=N\NC(=S)NCc2ccc3c(c2)OCO3)o1. The Kier molecular flexibility index (Phi) is 4.31. The molecule has 1 fully saturated rings. The number of fused-ring (bicyclic) bond motifs is 1. The van der Waals surface area contributed by atoms with Crippen molar-refractivity contribution in [3.8, 4) is 11.5 Å². The fourth-order valence-electron chi connectivity index (χ4n) is 2.78. The molecule has 25 heavy (non-hydrogen) atoms. The molecule has 4 rings (SSSR count). The zero-order chi connectivity index (χ0) is 17.2. The summed E-state index contributed by atoms with van der Waals surface area (Å²) in [5, 5.41) is 7.64. The number of ether oxygens (including phenoxy) is 2. The van der Waals surface area contributed by atoms with Gasteiger partial charge in [-0.25, -0.2) is 0 Å². The highest BCUT2D eigenvalue weighted by Gasteiger charge is 2.36. The zero-order valence-electron chi connectivity index (χ0n) is 13.8. The number of rotatable bonds is 5. The number of nitrogens with zero attached hydrogens (tertiary/aromatic N) is 1. The molecule has 6 nitrogen and oxygen atoms in total. The van der Waals surface area contributed by atoms with Crippen molar-refractivity contribution >= 4 is 23.5 Å². The molecule has 1 saturated carbocycles. The molecule has 1 aromatic heterocycles. The van der Waals surface area contributed by atoms with Crippen LogP contribution >= 0.6 is 12.2 Å². The van der Waals surface area contributed by atoms with Gasteiger partial charge in [-0.2, -0.15) is 5.10 Å². The van der Waals surface area contributed by atoms with Crippen LogP contribution in [-0.2, 0) is 6.54 Å². The second kappa shape index (κ2) is 6.76. The predicted molar refractivity (Wildman–Crippen MR) is 98.0 cm³/mol. The molecule has 2 aromatic rings. The molecule has 0 unspecified atom stereocenters. The normalized spacial score (nSPS) is 20.7. The van der Waals surface area contributed by atoms with Gasteiger partial charge in [-0.05, 0) is 54.4 Å². The van der Waals surface area contributed by atoms with Gasteiger partial charge in [0.15, 0.2) is 16.6 Å². The van der Waals surface area contributed by atoms with Crippen LogP contribution in [0.2, 0.25) is 0 Å². The third-order valence-electron chi connectivity index (χ3n) is 4.37. The molecule has 0 saturated heterocycles. The highest BCUT2D eigenvalue weighted by molar-refractivity contribution is 7.80. The maximum absolute atomic E-state index is 5.75. The van der Waals surface area contributed by atoms with Gasteiger partial charge < -0.3 is 19.2 Å². The van der Waals surface area contributed by atoms with Crippen LogP contribution in [0.3, 0.4) is 0 Å². The standard InChI is InChI=1S/C18H19N3O3S/c1-11-6-14(11)15-5-3-13(24-15)9-20-21-18(25)19-8-12-2-4-16-17(7-12)23-10-22-16/h2-5,7,9,11,14H,6,8,10H2,1H3,(H2,19,21,25)/b20-9-/t11-,14+/m0/s1. The molecule has 130 valence electrons. The number of benzene rings is 1. The van der Waals surface area contributed by atoms with Crippen molar-refractivity contribution in [3.63, 3.8) is 0 Å². The topological polar surface area (TPSA) is 68.0 Å². The lowest BCUT2D eigenvalue weighted by Crippen LogP contribution is -2.31. The van der Waals surface area contributed by atoms with E-state index in [1.165, 1.54) is 6.42 Å². The van der Waals surface area contributed by atoms with E-state index < -0.39 is 0 Å². The van der Waals surface area contributed by atoms with E-state index in [9.17, 15) is 0 Å². The summed E-state index contributed by atoms with van der Waals surface area (Å²) in [6.07, 6.45) is 2.83. The van der Waals surface area contributed by atoms with E-state index in [0.717, 1.165) is 34.5 Å². The minimum atomic E-state index is 0.273. The monoisotopic (exact) mass is 357 g/mol. The average molecular weight is 357 g/mol. The van der Waals surface area contributed by atoms with Crippen molar-refractivity contribution in [2.24, 2.45) is 11.0 Å². The largest absolute Gasteiger partial charge is 0.460 e. The molecule has 2 heterocycles. The molecule has 0 radical (unpaired) electrons. The quantitative estimate of drug-likeness (QED) is 0.487. The number of thiocarbonyl (C=S) groups is 1. The zero-order valence-corrected chi connectivity index (χ0v) is 14.6. The van der Waals surface area contributed by atoms with Gasteiger partial charge >= 0.3 is 0 Å². The summed E-state index contributed by atoms with van der Waals surface area (Å²) in [4.78, 5) is 0. The highest BCUT2D eigenvalue weighted by Crippen LogP contribution is 2.47. The Balaban J connectivity index is 1.24. The van der Waals surface area contributed by atoms with Crippen LogP contribution in [0.15, 0.2) is 39.9 Å². The third-order valence-corrected chi connectivity index (χ3v) is 4.61. The minimum Gasteiger partial charge on any atom is -0.460 e. The van der Waals surface area contributed by atoms with Crippen LogP contribution in [0.1, 0.15) is 36.3 Å². The number of hydrogen-bond donors (Lipinski definition) is 2. The van der Waals surface area contributed by atoms with Crippen LogP contribution in [0.4, 0.5) is 0 Å². The molecule has 1 aliphatic heterocycles. The first-order valence-electron chi connectivity index (χ1n) is 8.24. The molecule has 1 aromatic carbocycles. The van der Waals surface area contributed by atoms with E-state index >= 15 is 0 Å². The van der Waals surface area contributed by atoms with Crippen LogP contribution < -0.4 is 20.2 Å². The van der Waals surface area contributed by atoms with E-state index in [2.05, 4.69) is 22.8 Å². The summed E-state index contributed by atoms with van der Waals surface area (Å²) in [5.41, 5.74) is 3.84. The summed E-state index contributed by atoms with van der Waals surface area (Å²) in [5.74, 6) is 4.58. The lowest BCUT2D eigenvalue weighted by atomic mass is 10.2. The third kappa shape index (κ3) is 3.76. The molecule has 0 amide bonds. The van der Waals surface area contributed by atoms with Crippen molar-refractivity contribution in [1.82, 2.24) is 10.7 Å². The van der Waals surface area contributed by atoms with Gasteiger partial charge in [-0.3, -0.25) is 5.43 Å². The average Bonchev–Trinajstić information content (AvgIpc) is 3.03. The fraction of sp³-hybridized carbons (Fsp3) is 0.333. The van der Waals surface area contributed by atoms with E-state index in [1.807, 2.05) is 30.3 Å². The first-order valence-corrected chi connectivity index (χ1v) is 8.65. The molecule has 2 N–H and O–H groups in total. The summed E-state index contributed by atoms with van der Waals surface area (Å²) >= 11 is 5.22. The van der Waals surface area contributed by atoms with Gasteiger partial charge in [-0.1, -0.05) is 13.0 Å². The summed E-state index contributed by atoms with van der Waals surface area (Å²) in [7, 11) is 0. The van der Waals surface area contributed by atoms with Crippen LogP contribution in [-0.4, -0.2) is 18.1 Å². The Morgan fingerprint density at radius 3 is 2.96 bits per heavy atom. The van der Waals surface area contributed by atoms with Gasteiger partial charge in [-0.15, -0.1) is 0 Å². The van der Waals surface area contributed by atoms with E-state index in [-0.39, 0.29) is 6.79 Å². The van der Waals surface area contributed by atoms with E-state index in [0.29, 0.717) is 17.6 Å². The second-order valence-electron chi connectivity index (χ2n) is 6.30. The molecule has 2 aliphatic rings. The second-order valence-corrected chi connectivity index (χ2v) is 6.71. The van der Waals surface area contributed by atoms with Crippen LogP contribution in [0.25, 0.3) is 0 Å². The molecule has 2 atom stereocenters. The lowest BCUT2D eigenvalue weighted by Gasteiger charge is -2.07. The van der Waals surface area contributed by atoms with Gasteiger partial charge in [0.2, 0.25) is 6.79 Å². The van der Waals surface area contributed by atoms with E-state index in [1.54, 1.807) is 6.21 Å². The van der Waals surface area contributed by atoms with Crippen molar-refractivity contribution < 1.29 is 13.9 Å². The number of hydrogen-bond acceptors (Lipinski definition) is 5.